The van der Waals surface area contributed by atoms with Gasteiger partial charge in [0, 0.05) is 18.2 Å². The van der Waals surface area contributed by atoms with E-state index < -0.39 is 0 Å². The van der Waals surface area contributed by atoms with Crippen molar-refractivity contribution in [2.75, 3.05) is 41.5 Å². The van der Waals surface area contributed by atoms with Crippen molar-refractivity contribution < 1.29 is 19.0 Å². The van der Waals surface area contributed by atoms with Gasteiger partial charge in [0.15, 0.2) is 11.5 Å². The number of ether oxygens (including phenoxy) is 3. The standard InChI is InChI=1S/C23H30N2O4/c1-6-29-21-13-11-17(15-22(21)28-5)12-14-23(26)24-16-19(25(2)3)18-9-7-8-10-20(18)27-4/h7-15,19H,6,16H2,1-5H3,(H,24,26)/b14-12+. The summed E-state index contributed by atoms with van der Waals surface area (Å²) in [6.45, 7) is 2.94. The van der Waals surface area contributed by atoms with E-state index in [0.717, 1.165) is 16.9 Å². The van der Waals surface area contributed by atoms with Gasteiger partial charge in [0.1, 0.15) is 5.75 Å². The molecule has 1 unspecified atom stereocenters. The van der Waals surface area contributed by atoms with Gasteiger partial charge >= 0.3 is 0 Å². The lowest BCUT2D eigenvalue weighted by Gasteiger charge is -2.26. The number of amides is 1. The van der Waals surface area contributed by atoms with Crippen LogP contribution >= 0.6 is 0 Å². The Labute approximate surface area is 173 Å². The zero-order chi connectivity index (χ0) is 21.2. The van der Waals surface area contributed by atoms with Gasteiger partial charge in [0.05, 0.1) is 26.9 Å². The maximum absolute atomic E-state index is 12.3. The van der Waals surface area contributed by atoms with Crippen molar-refractivity contribution >= 4 is 12.0 Å². The summed E-state index contributed by atoms with van der Waals surface area (Å²) < 4.78 is 16.3. The van der Waals surface area contributed by atoms with E-state index in [4.69, 9.17) is 14.2 Å². The lowest BCUT2D eigenvalue weighted by molar-refractivity contribution is -0.116. The van der Waals surface area contributed by atoms with E-state index in [9.17, 15) is 4.79 Å². The molecule has 1 amide bonds. The monoisotopic (exact) mass is 398 g/mol. The minimum absolute atomic E-state index is 0.00549. The van der Waals surface area contributed by atoms with Crippen molar-refractivity contribution in [1.29, 1.82) is 0 Å². The molecule has 6 nitrogen and oxygen atoms in total. The zero-order valence-corrected chi connectivity index (χ0v) is 17.8. The number of carbonyl (C=O) groups is 1. The molecule has 1 N–H and O–H groups in total. The number of nitrogens with zero attached hydrogens (tertiary/aromatic N) is 1. The highest BCUT2D eigenvalue weighted by atomic mass is 16.5. The van der Waals surface area contributed by atoms with Gasteiger partial charge in [0.25, 0.3) is 0 Å². The molecular weight excluding hydrogens is 368 g/mol. The summed E-state index contributed by atoms with van der Waals surface area (Å²) in [6.07, 6.45) is 3.27. The summed E-state index contributed by atoms with van der Waals surface area (Å²) in [4.78, 5) is 14.4. The van der Waals surface area contributed by atoms with Crippen LogP contribution in [0.1, 0.15) is 24.1 Å². The lowest BCUT2D eigenvalue weighted by atomic mass is 10.0. The third kappa shape index (κ3) is 6.26. The molecule has 0 saturated heterocycles. The fourth-order valence-corrected chi connectivity index (χ4v) is 3.00. The third-order valence-corrected chi connectivity index (χ3v) is 4.51. The minimum Gasteiger partial charge on any atom is -0.496 e. The molecule has 0 aliphatic carbocycles. The van der Waals surface area contributed by atoms with Crippen LogP contribution in [0.2, 0.25) is 0 Å². The second kappa shape index (κ2) is 11.1. The van der Waals surface area contributed by atoms with Crippen LogP contribution in [0.15, 0.2) is 48.5 Å². The molecule has 0 bridgehead atoms. The van der Waals surface area contributed by atoms with Crippen molar-refractivity contribution in [1.82, 2.24) is 10.2 Å². The summed E-state index contributed by atoms with van der Waals surface area (Å²) >= 11 is 0. The number of benzene rings is 2. The molecular formula is C23H30N2O4. The molecule has 29 heavy (non-hydrogen) atoms. The molecule has 1 atom stereocenters. The number of carbonyl (C=O) groups excluding carboxylic acids is 1. The quantitative estimate of drug-likeness (QED) is 0.621. The number of methoxy groups -OCH3 is 2. The normalized spacial score (nSPS) is 12.1. The molecule has 0 fully saturated rings. The highest BCUT2D eigenvalue weighted by Gasteiger charge is 2.18. The summed E-state index contributed by atoms with van der Waals surface area (Å²) in [6, 6.07) is 13.4. The van der Waals surface area contributed by atoms with Crippen molar-refractivity contribution in [3.8, 4) is 17.2 Å². The first kappa shape index (κ1) is 22.3. The Morgan fingerprint density at radius 2 is 1.79 bits per heavy atom. The van der Waals surface area contributed by atoms with E-state index in [-0.39, 0.29) is 11.9 Å². The molecule has 156 valence electrons. The Bertz CT molecular complexity index is 833. The minimum atomic E-state index is -0.167. The third-order valence-electron chi connectivity index (χ3n) is 4.51. The second-order valence-electron chi connectivity index (χ2n) is 6.64. The molecule has 0 aromatic heterocycles. The first-order valence-electron chi connectivity index (χ1n) is 9.56. The topological polar surface area (TPSA) is 60.0 Å². The van der Waals surface area contributed by atoms with Crippen molar-refractivity contribution in [2.45, 2.75) is 13.0 Å². The smallest absolute Gasteiger partial charge is 0.244 e. The largest absolute Gasteiger partial charge is 0.496 e. The van der Waals surface area contributed by atoms with E-state index in [1.807, 2.05) is 63.5 Å². The molecule has 0 radical (unpaired) electrons. The van der Waals surface area contributed by atoms with Gasteiger partial charge in [-0.3, -0.25) is 4.79 Å². The summed E-state index contributed by atoms with van der Waals surface area (Å²) in [7, 11) is 7.20. The van der Waals surface area contributed by atoms with Crippen LogP contribution in [-0.4, -0.2) is 52.3 Å². The summed E-state index contributed by atoms with van der Waals surface area (Å²) in [5, 5.41) is 2.97. The maximum atomic E-state index is 12.3. The predicted octanol–water partition coefficient (Wildman–Crippen LogP) is 3.53. The molecule has 0 heterocycles. The van der Waals surface area contributed by atoms with Gasteiger partial charge in [0.2, 0.25) is 5.91 Å². The van der Waals surface area contributed by atoms with Gasteiger partial charge < -0.3 is 24.4 Å². The van der Waals surface area contributed by atoms with Crippen LogP contribution < -0.4 is 19.5 Å². The van der Waals surface area contributed by atoms with Crippen molar-refractivity contribution in [3.63, 3.8) is 0 Å². The lowest BCUT2D eigenvalue weighted by Crippen LogP contribution is -2.33. The average Bonchev–Trinajstić information content (AvgIpc) is 2.73. The van der Waals surface area contributed by atoms with E-state index >= 15 is 0 Å². The van der Waals surface area contributed by atoms with E-state index in [1.165, 1.54) is 6.08 Å². The second-order valence-corrected chi connectivity index (χ2v) is 6.64. The van der Waals surface area contributed by atoms with Crippen LogP contribution in [0.25, 0.3) is 6.08 Å². The van der Waals surface area contributed by atoms with Crippen LogP contribution in [0.4, 0.5) is 0 Å². The number of hydrogen-bond acceptors (Lipinski definition) is 5. The van der Waals surface area contributed by atoms with Crippen molar-refractivity contribution in [2.24, 2.45) is 0 Å². The molecule has 0 aliphatic rings. The first-order chi connectivity index (χ1) is 14.0. The number of nitrogens with one attached hydrogen (secondary N) is 1. The average molecular weight is 399 g/mol. The SMILES string of the molecule is CCOc1ccc(/C=C/C(=O)NCC(c2ccccc2OC)N(C)C)cc1OC. The predicted molar refractivity (Wildman–Crippen MR) is 116 cm³/mol. The fourth-order valence-electron chi connectivity index (χ4n) is 3.00. The highest BCUT2D eigenvalue weighted by molar-refractivity contribution is 5.91. The van der Waals surface area contributed by atoms with Crippen LogP contribution in [0.3, 0.4) is 0 Å². The molecule has 2 rings (SSSR count). The Morgan fingerprint density at radius 1 is 1.07 bits per heavy atom. The Morgan fingerprint density at radius 3 is 2.45 bits per heavy atom. The Kier molecular flexibility index (Phi) is 8.55. The van der Waals surface area contributed by atoms with Gasteiger partial charge in [-0.1, -0.05) is 24.3 Å². The maximum Gasteiger partial charge on any atom is 0.244 e. The fraction of sp³-hybridized carbons (Fsp3) is 0.348. The number of rotatable bonds is 10. The van der Waals surface area contributed by atoms with E-state index in [0.29, 0.717) is 24.7 Å². The number of hydrogen-bond donors (Lipinski definition) is 1. The molecule has 6 heteroatoms. The Balaban J connectivity index is 2.04. The van der Waals surface area contributed by atoms with Crippen LogP contribution in [0.5, 0.6) is 17.2 Å². The Hall–Kier alpha value is -2.99. The first-order valence-corrected chi connectivity index (χ1v) is 9.56. The molecule has 2 aromatic carbocycles. The zero-order valence-electron chi connectivity index (χ0n) is 17.8. The molecule has 0 spiro atoms. The van der Waals surface area contributed by atoms with Crippen LogP contribution in [-0.2, 0) is 4.79 Å². The van der Waals surface area contributed by atoms with E-state index in [2.05, 4.69) is 10.2 Å². The molecule has 2 aromatic rings. The van der Waals surface area contributed by atoms with Gasteiger partial charge in [-0.15, -0.1) is 0 Å². The van der Waals surface area contributed by atoms with Gasteiger partial charge in [-0.05, 0) is 50.9 Å². The highest BCUT2D eigenvalue weighted by Crippen LogP contribution is 2.29. The van der Waals surface area contributed by atoms with E-state index in [1.54, 1.807) is 20.3 Å². The molecule has 0 aliphatic heterocycles. The van der Waals surface area contributed by atoms with Gasteiger partial charge in [-0.2, -0.15) is 0 Å². The van der Waals surface area contributed by atoms with Crippen LogP contribution in [0, 0.1) is 0 Å². The summed E-state index contributed by atoms with van der Waals surface area (Å²) in [5.41, 5.74) is 1.88. The van der Waals surface area contributed by atoms with Gasteiger partial charge in [-0.25, -0.2) is 0 Å². The number of para-hydroxylation sites is 1. The van der Waals surface area contributed by atoms with Crippen molar-refractivity contribution in [3.05, 3.63) is 59.7 Å². The number of likely N-dealkylation sites (N-methyl/N-ethyl adjacent to an activating group) is 1. The summed E-state index contributed by atoms with van der Waals surface area (Å²) in [5.74, 6) is 1.96. The molecule has 0 saturated carbocycles.